The Hall–Kier alpha value is -1.14. The molecule has 3 N–H and O–H groups in total. The van der Waals surface area contributed by atoms with Crippen LogP contribution in [0.15, 0.2) is 0 Å². The summed E-state index contributed by atoms with van der Waals surface area (Å²) in [4.78, 5) is 24.5. The second kappa shape index (κ2) is 6.34. The molecule has 2 fully saturated rings. The molecular formula is C13H22N2O4. The maximum Gasteiger partial charge on any atom is 0.326 e. The van der Waals surface area contributed by atoms with E-state index in [0.717, 1.165) is 32.4 Å². The van der Waals surface area contributed by atoms with Crippen LogP contribution in [0.25, 0.3) is 0 Å². The Bertz CT molecular complexity index is 342. The minimum Gasteiger partial charge on any atom is -0.480 e. The average molecular weight is 270 g/mol. The molecule has 0 aromatic heterocycles. The third-order valence-electron chi connectivity index (χ3n) is 4.11. The summed E-state index contributed by atoms with van der Waals surface area (Å²) in [5, 5.41) is 21.9. The van der Waals surface area contributed by atoms with E-state index in [0.29, 0.717) is 12.3 Å². The van der Waals surface area contributed by atoms with Gasteiger partial charge in [0, 0.05) is 19.4 Å². The lowest BCUT2D eigenvalue weighted by atomic mass is 9.93. The first kappa shape index (κ1) is 14.3. The van der Waals surface area contributed by atoms with Crippen molar-refractivity contribution in [3.63, 3.8) is 0 Å². The van der Waals surface area contributed by atoms with Crippen molar-refractivity contribution in [1.82, 2.24) is 10.2 Å². The van der Waals surface area contributed by atoms with E-state index in [1.807, 2.05) is 0 Å². The van der Waals surface area contributed by atoms with Crippen LogP contribution >= 0.6 is 0 Å². The number of nitrogens with zero attached hydrogens (tertiary/aromatic N) is 1. The number of amides is 1. The molecule has 1 unspecified atom stereocenters. The van der Waals surface area contributed by atoms with Gasteiger partial charge < -0.3 is 20.4 Å². The third-order valence-corrected chi connectivity index (χ3v) is 4.11. The Morgan fingerprint density at radius 1 is 1.26 bits per heavy atom. The van der Waals surface area contributed by atoms with E-state index < -0.39 is 18.1 Å². The van der Waals surface area contributed by atoms with E-state index in [1.165, 1.54) is 4.90 Å². The van der Waals surface area contributed by atoms with Gasteiger partial charge in [-0.25, -0.2) is 4.79 Å². The molecule has 1 amide bonds. The highest BCUT2D eigenvalue weighted by Crippen LogP contribution is 2.22. The summed E-state index contributed by atoms with van der Waals surface area (Å²) >= 11 is 0. The first-order valence-electron chi connectivity index (χ1n) is 6.99. The van der Waals surface area contributed by atoms with Crippen molar-refractivity contribution in [3.8, 4) is 0 Å². The molecule has 0 aliphatic carbocycles. The van der Waals surface area contributed by atoms with Gasteiger partial charge in [0.05, 0.1) is 6.10 Å². The van der Waals surface area contributed by atoms with Crippen LogP contribution in [0.2, 0.25) is 0 Å². The van der Waals surface area contributed by atoms with Gasteiger partial charge in [-0.3, -0.25) is 4.79 Å². The fourth-order valence-corrected chi connectivity index (χ4v) is 2.97. The summed E-state index contributed by atoms with van der Waals surface area (Å²) in [5.41, 5.74) is 0. The number of likely N-dealkylation sites (tertiary alicyclic amines) is 1. The lowest BCUT2D eigenvalue weighted by Crippen LogP contribution is -2.40. The number of aliphatic carboxylic acids is 1. The summed E-state index contributed by atoms with van der Waals surface area (Å²) in [6.45, 7) is 2.15. The molecule has 2 atom stereocenters. The van der Waals surface area contributed by atoms with Crippen molar-refractivity contribution >= 4 is 11.9 Å². The van der Waals surface area contributed by atoms with Gasteiger partial charge in [-0.15, -0.1) is 0 Å². The van der Waals surface area contributed by atoms with Gasteiger partial charge in [-0.2, -0.15) is 0 Å². The van der Waals surface area contributed by atoms with Gasteiger partial charge in [0.1, 0.15) is 6.04 Å². The van der Waals surface area contributed by atoms with Crippen LogP contribution in [0.5, 0.6) is 0 Å². The van der Waals surface area contributed by atoms with Crippen LogP contribution in [-0.2, 0) is 9.59 Å². The van der Waals surface area contributed by atoms with E-state index in [4.69, 9.17) is 5.11 Å². The molecule has 0 bridgehead atoms. The number of rotatable bonds is 4. The smallest absolute Gasteiger partial charge is 0.326 e. The quantitative estimate of drug-likeness (QED) is 0.659. The normalized spacial score (nSPS) is 28.6. The molecule has 0 radical (unpaired) electrons. The van der Waals surface area contributed by atoms with E-state index in [9.17, 15) is 14.7 Å². The van der Waals surface area contributed by atoms with Crippen molar-refractivity contribution in [3.05, 3.63) is 0 Å². The molecule has 0 aromatic rings. The second-order valence-corrected chi connectivity index (χ2v) is 5.52. The fraction of sp³-hybridized carbons (Fsp3) is 0.846. The van der Waals surface area contributed by atoms with Crippen LogP contribution in [0.3, 0.4) is 0 Å². The lowest BCUT2D eigenvalue weighted by molar-refractivity contribution is -0.148. The number of aliphatic hydroxyl groups excluding tert-OH is 1. The summed E-state index contributed by atoms with van der Waals surface area (Å²) in [6, 6.07) is -0.851. The van der Waals surface area contributed by atoms with Gasteiger partial charge in [0.2, 0.25) is 5.91 Å². The SMILES string of the molecule is O=C(O)[C@@H]1CC(O)CN1C(=O)CCC1CCNCC1. The topological polar surface area (TPSA) is 89.9 Å². The van der Waals surface area contributed by atoms with Gasteiger partial charge in [-0.05, 0) is 38.3 Å². The highest BCUT2D eigenvalue weighted by molar-refractivity contribution is 5.84. The summed E-state index contributed by atoms with van der Waals surface area (Å²) < 4.78 is 0. The second-order valence-electron chi connectivity index (χ2n) is 5.52. The van der Waals surface area contributed by atoms with Crippen molar-refractivity contribution in [2.24, 2.45) is 5.92 Å². The molecule has 6 nitrogen and oxygen atoms in total. The highest BCUT2D eigenvalue weighted by Gasteiger charge is 2.38. The molecule has 2 saturated heterocycles. The zero-order chi connectivity index (χ0) is 13.8. The molecule has 108 valence electrons. The number of carboxylic acids is 1. The van der Waals surface area contributed by atoms with Crippen LogP contribution < -0.4 is 5.32 Å². The molecule has 6 heteroatoms. The maximum atomic E-state index is 12.1. The van der Waals surface area contributed by atoms with E-state index in [-0.39, 0.29) is 18.9 Å². The number of carboxylic acid groups (broad SMARTS) is 1. The fourth-order valence-electron chi connectivity index (χ4n) is 2.97. The molecule has 2 rings (SSSR count). The minimum absolute atomic E-state index is 0.137. The number of hydrogen-bond donors (Lipinski definition) is 3. The van der Waals surface area contributed by atoms with E-state index in [1.54, 1.807) is 0 Å². The van der Waals surface area contributed by atoms with Crippen LogP contribution in [0, 0.1) is 5.92 Å². The molecule has 2 heterocycles. The number of piperidine rings is 1. The van der Waals surface area contributed by atoms with Gasteiger partial charge in [0.15, 0.2) is 0 Å². The molecule has 2 aliphatic heterocycles. The molecule has 2 aliphatic rings. The average Bonchev–Trinajstić information content (AvgIpc) is 2.79. The Kier molecular flexibility index (Phi) is 4.76. The van der Waals surface area contributed by atoms with Crippen LogP contribution in [-0.4, -0.2) is 58.8 Å². The largest absolute Gasteiger partial charge is 0.480 e. The summed E-state index contributed by atoms with van der Waals surface area (Å²) in [6.07, 6.45) is 2.81. The summed E-state index contributed by atoms with van der Waals surface area (Å²) in [5.74, 6) is -0.602. The molecule has 0 saturated carbocycles. The monoisotopic (exact) mass is 270 g/mol. The number of carbonyl (C=O) groups excluding carboxylic acids is 1. The molecule has 0 spiro atoms. The Morgan fingerprint density at radius 3 is 2.58 bits per heavy atom. The highest BCUT2D eigenvalue weighted by atomic mass is 16.4. The predicted octanol–water partition coefficient (Wildman–Crippen LogP) is -0.187. The Labute approximate surface area is 112 Å². The van der Waals surface area contributed by atoms with Crippen molar-refractivity contribution in [2.45, 2.75) is 44.2 Å². The Morgan fingerprint density at radius 2 is 1.95 bits per heavy atom. The first-order valence-corrected chi connectivity index (χ1v) is 6.99. The maximum absolute atomic E-state index is 12.1. The number of aliphatic hydroxyl groups is 1. The van der Waals surface area contributed by atoms with Crippen molar-refractivity contribution in [2.75, 3.05) is 19.6 Å². The molecule has 0 aromatic carbocycles. The van der Waals surface area contributed by atoms with Gasteiger partial charge in [-0.1, -0.05) is 0 Å². The number of nitrogens with one attached hydrogen (secondary N) is 1. The summed E-state index contributed by atoms with van der Waals surface area (Å²) in [7, 11) is 0. The predicted molar refractivity (Wildman–Crippen MR) is 68.6 cm³/mol. The lowest BCUT2D eigenvalue weighted by Gasteiger charge is -2.25. The molecule has 19 heavy (non-hydrogen) atoms. The van der Waals surface area contributed by atoms with Crippen molar-refractivity contribution in [1.29, 1.82) is 0 Å². The van der Waals surface area contributed by atoms with Crippen molar-refractivity contribution < 1.29 is 19.8 Å². The Balaban J connectivity index is 1.82. The standard InChI is InChI=1S/C13H22N2O4/c16-10-7-11(13(18)19)15(8-10)12(17)2-1-9-3-5-14-6-4-9/h9-11,14,16H,1-8H2,(H,18,19)/t10?,11-/m0/s1. The van der Waals surface area contributed by atoms with E-state index >= 15 is 0 Å². The van der Waals surface area contributed by atoms with Crippen LogP contribution in [0.1, 0.15) is 32.1 Å². The first-order chi connectivity index (χ1) is 9.08. The number of carbonyl (C=O) groups is 2. The zero-order valence-electron chi connectivity index (χ0n) is 11.0. The number of β-amino-alcohol motifs (C(OH)–C–C–N with tert-alkyl or cyclic N) is 1. The van der Waals surface area contributed by atoms with Gasteiger partial charge >= 0.3 is 5.97 Å². The minimum atomic E-state index is -1.02. The van der Waals surface area contributed by atoms with Gasteiger partial charge in [0.25, 0.3) is 0 Å². The van der Waals surface area contributed by atoms with Crippen LogP contribution in [0.4, 0.5) is 0 Å². The number of hydrogen-bond acceptors (Lipinski definition) is 4. The molecular weight excluding hydrogens is 248 g/mol. The van der Waals surface area contributed by atoms with E-state index in [2.05, 4.69) is 5.32 Å². The zero-order valence-corrected chi connectivity index (χ0v) is 11.0. The third kappa shape index (κ3) is 3.67.